The lowest BCUT2D eigenvalue weighted by Crippen LogP contribution is -2.40. The number of carbonyl (C=O) groups excluding carboxylic acids is 1. The van der Waals surface area contributed by atoms with E-state index >= 15 is 0 Å². The van der Waals surface area contributed by atoms with Crippen molar-refractivity contribution in [3.05, 3.63) is 53.9 Å². The molecule has 3 atom stereocenters. The summed E-state index contributed by atoms with van der Waals surface area (Å²) in [6.07, 6.45) is 6.38. The molecular formula is C21H26N2O2. The summed E-state index contributed by atoms with van der Waals surface area (Å²) < 4.78 is 7.64. The highest BCUT2D eigenvalue weighted by Crippen LogP contribution is 2.52. The minimum atomic E-state index is 0.108. The molecule has 4 heteroatoms. The highest BCUT2D eigenvalue weighted by atomic mass is 16.5. The molecule has 2 aliphatic rings. The molecule has 1 aromatic carbocycles. The first-order valence-corrected chi connectivity index (χ1v) is 9.25. The van der Waals surface area contributed by atoms with Crippen LogP contribution >= 0.6 is 0 Å². The zero-order chi connectivity index (χ0) is 17.4. The molecule has 4 nitrogen and oxygen atoms in total. The Labute approximate surface area is 149 Å². The molecule has 2 aromatic rings. The number of aryl methyl sites for hydroxylation is 1. The maximum Gasteiger partial charge on any atom is 0.226 e. The van der Waals surface area contributed by atoms with Crippen LogP contribution in [0.2, 0.25) is 0 Å². The van der Waals surface area contributed by atoms with Gasteiger partial charge in [-0.1, -0.05) is 18.2 Å². The highest BCUT2D eigenvalue weighted by Gasteiger charge is 2.48. The van der Waals surface area contributed by atoms with Crippen molar-refractivity contribution in [2.45, 2.75) is 37.6 Å². The largest absolute Gasteiger partial charge is 0.496 e. The molecule has 1 aromatic heterocycles. The lowest BCUT2D eigenvalue weighted by atomic mass is 9.98. The van der Waals surface area contributed by atoms with E-state index in [1.807, 2.05) is 18.2 Å². The van der Waals surface area contributed by atoms with Gasteiger partial charge in [-0.2, -0.15) is 0 Å². The van der Waals surface area contributed by atoms with Crippen LogP contribution in [0.3, 0.4) is 0 Å². The van der Waals surface area contributed by atoms with Crippen LogP contribution in [0.4, 0.5) is 0 Å². The van der Waals surface area contributed by atoms with E-state index in [0.717, 1.165) is 31.6 Å². The number of amides is 1. The van der Waals surface area contributed by atoms with Crippen molar-refractivity contribution in [3.63, 3.8) is 0 Å². The number of hydrogen-bond acceptors (Lipinski definition) is 2. The minimum absolute atomic E-state index is 0.108. The van der Waals surface area contributed by atoms with Crippen LogP contribution in [0.1, 0.15) is 48.9 Å². The predicted molar refractivity (Wildman–Crippen MR) is 97.6 cm³/mol. The van der Waals surface area contributed by atoms with Crippen LogP contribution in [-0.4, -0.2) is 29.0 Å². The molecule has 2 heterocycles. The van der Waals surface area contributed by atoms with Crippen molar-refractivity contribution < 1.29 is 9.53 Å². The number of methoxy groups -OCH3 is 1. The number of likely N-dealkylation sites (tertiary alicyclic amines) is 1. The summed E-state index contributed by atoms with van der Waals surface area (Å²) in [5, 5.41) is 0. The van der Waals surface area contributed by atoms with Crippen molar-refractivity contribution in [2.75, 3.05) is 13.7 Å². The van der Waals surface area contributed by atoms with Crippen LogP contribution in [0.15, 0.2) is 42.6 Å². The van der Waals surface area contributed by atoms with Gasteiger partial charge in [-0.15, -0.1) is 0 Å². The van der Waals surface area contributed by atoms with Crippen LogP contribution < -0.4 is 4.74 Å². The van der Waals surface area contributed by atoms with E-state index in [2.05, 4.69) is 40.9 Å². The van der Waals surface area contributed by atoms with Gasteiger partial charge in [0.15, 0.2) is 0 Å². The summed E-state index contributed by atoms with van der Waals surface area (Å²) in [6.45, 7) is 0.879. The monoisotopic (exact) mass is 338 g/mol. The molecule has 1 aliphatic heterocycles. The second kappa shape index (κ2) is 6.58. The van der Waals surface area contributed by atoms with Crippen molar-refractivity contribution >= 4 is 5.91 Å². The highest BCUT2D eigenvalue weighted by molar-refractivity contribution is 5.83. The van der Waals surface area contributed by atoms with Crippen molar-refractivity contribution in [2.24, 2.45) is 13.0 Å². The smallest absolute Gasteiger partial charge is 0.226 e. The van der Waals surface area contributed by atoms with Gasteiger partial charge in [-0.3, -0.25) is 4.79 Å². The van der Waals surface area contributed by atoms with Gasteiger partial charge in [-0.05, 0) is 55.4 Å². The summed E-state index contributed by atoms with van der Waals surface area (Å²) >= 11 is 0. The second-order valence-electron chi connectivity index (χ2n) is 7.28. The van der Waals surface area contributed by atoms with Gasteiger partial charge < -0.3 is 14.2 Å². The van der Waals surface area contributed by atoms with Crippen molar-refractivity contribution in [1.82, 2.24) is 9.47 Å². The van der Waals surface area contributed by atoms with Crippen molar-refractivity contribution in [3.8, 4) is 5.75 Å². The van der Waals surface area contributed by atoms with E-state index in [9.17, 15) is 4.79 Å². The van der Waals surface area contributed by atoms with Gasteiger partial charge in [0.1, 0.15) is 5.75 Å². The zero-order valence-corrected chi connectivity index (χ0v) is 15.0. The van der Waals surface area contributed by atoms with Crippen LogP contribution in [0, 0.1) is 5.92 Å². The fourth-order valence-electron chi connectivity index (χ4n) is 4.32. The first-order chi connectivity index (χ1) is 12.2. The van der Waals surface area contributed by atoms with Gasteiger partial charge in [-0.25, -0.2) is 0 Å². The molecule has 4 rings (SSSR count). The summed E-state index contributed by atoms with van der Waals surface area (Å²) in [4.78, 5) is 15.4. The Bertz CT molecular complexity index is 767. The first-order valence-electron chi connectivity index (χ1n) is 9.25. The zero-order valence-electron chi connectivity index (χ0n) is 15.0. The number of hydrogen-bond donors (Lipinski definition) is 0. The van der Waals surface area contributed by atoms with Gasteiger partial charge in [0.05, 0.1) is 13.2 Å². The van der Waals surface area contributed by atoms with E-state index in [-0.39, 0.29) is 12.0 Å². The topological polar surface area (TPSA) is 34.5 Å². The van der Waals surface area contributed by atoms with Crippen molar-refractivity contribution in [1.29, 1.82) is 0 Å². The molecule has 0 radical (unpaired) electrons. The second-order valence-corrected chi connectivity index (χ2v) is 7.28. The first kappa shape index (κ1) is 16.2. The molecule has 1 amide bonds. The standard InChI is InChI=1S/C21H26N2O2/c1-22-12-7-10-18(22)19-9-5-6-13-23(19)21(24)17-14-16(17)15-8-3-4-11-20(15)25-2/h3-4,7-8,10-12,16-17,19H,5-6,9,13-14H2,1-2H3/t16-,17+,19?/m0/s1. The van der Waals surface area contributed by atoms with Gasteiger partial charge in [0, 0.05) is 31.4 Å². The Morgan fingerprint density at radius 2 is 2.00 bits per heavy atom. The quantitative estimate of drug-likeness (QED) is 0.847. The molecular weight excluding hydrogens is 312 g/mol. The molecule has 132 valence electrons. The number of nitrogens with zero attached hydrogens (tertiary/aromatic N) is 2. The predicted octanol–water partition coefficient (Wildman–Crippen LogP) is 3.89. The fourth-order valence-corrected chi connectivity index (χ4v) is 4.32. The number of piperidine rings is 1. The van der Waals surface area contributed by atoms with E-state index in [0.29, 0.717) is 11.8 Å². The Kier molecular flexibility index (Phi) is 4.28. The molecule has 2 fully saturated rings. The number of ether oxygens (including phenoxy) is 1. The average Bonchev–Trinajstić information content (AvgIpc) is 3.34. The lowest BCUT2D eigenvalue weighted by Gasteiger charge is -2.36. The minimum Gasteiger partial charge on any atom is -0.496 e. The molecule has 0 spiro atoms. The van der Waals surface area contributed by atoms with E-state index in [1.54, 1.807) is 7.11 Å². The van der Waals surface area contributed by atoms with Gasteiger partial charge in [0.2, 0.25) is 5.91 Å². The molecule has 1 saturated heterocycles. The van der Waals surface area contributed by atoms with Crippen LogP contribution in [0.25, 0.3) is 0 Å². The van der Waals surface area contributed by atoms with Crippen LogP contribution in [0.5, 0.6) is 5.75 Å². The Balaban J connectivity index is 1.53. The number of benzene rings is 1. The third kappa shape index (κ3) is 2.94. The Morgan fingerprint density at radius 1 is 1.16 bits per heavy atom. The lowest BCUT2D eigenvalue weighted by molar-refractivity contribution is -0.136. The van der Waals surface area contributed by atoms with E-state index < -0.39 is 0 Å². The van der Waals surface area contributed by atoms with E-state index in [1.165, 1.54) is 17.7 Å². The molecule has 1 aliphatic carbocycles. The van der Waals surface area contributed by atoms with Gasteiger partial charge in [0.25, 0.3) is 0 Å². The summed E-state index contributed by atoms with van der Waals surface area (Å²) in [5.74, 6) is 1.64. The fraction of sp³-hybridized carbons (Fsp3) is 0.476. The Hall–Kier alpha value is -2.23. The summed E-state index contributed by atoms with van der Waals surface area (Å²) in [7, 11) is 3.77. The number of aromatic nitrogens is 1. The molecule has 1 saturated carbocycles. The van der Waals surface area contributed by atoms with Crippen LogP contribution in [-0.2, 0) is 11.8 Å². The normalized spacial score (nSPS) is 25.7. The molecule has 0 N–H and O–H groups in total. The maximum atomic E-state index is 13.2. The average molecular weight is 338 g/mol. The van der Waals surface area contributed by atoms with Gasteiger partial charge >= 0.3 is 0 Å². The summed E-state index contributed by atoms with van der Waals surface area (Å²) in [5.41, 5.74) is 2.43. The summed E-state index contributed by atoms with van der Waals surface area (Å²) in [6, 6.07) is 12.6. The number of rotatable bonds is 4. The maximum absolute atomic E-state index is 13.2. The molecule has 0 bridgehead atoms. The third-order valence-corrected chi connectivity index (χ3v) is 5.76. The SMILES string of the molecule is COc1ccccc1[C@@H]1C[C@H]1C(=O)N1CCCCC1c1cccn1C. The number of para-hydroxylation sites is 1. The Morgan fingerprint density at radius 3 is 2.76 bits per heavy atom. The third-order valence-electron chi connectivity index (χ3n) is 5.76. The number of carbonyl (C=O) groups is 1. The molecule has 25 heavy (non-hydrogen) atoms. The molecule has 1 unspecified atom stereocenters. The van der Waals surface area contributed by atoms with E-state index in [4.69, 9.17) is 4.74 Å².